The SMILES string of the molecule is COc1ccc(-c2coc(C(=O)N3CCCCC3)n2)cn1. The number of oxazole rings is 1. The van der Waals surface area contributed by atoms with Crippen molar-refractivity contribution in [2.45, 2.75) is 19.3 Å². The van der Waals surface area contributed by atoms with Crippen LogP contribution in [0.1, 0.15) is 29.9 Å². The number of hydrogen-bond acceptors (Lipinski definition) is 5. The fraction of sp³-hybridized carbons (Fsp3) is 0.400. The number of carbonyl (C=O) groups excluding carboxylic acids is 1. The van der Waals surface area contributed by atoms with Gasteiger partial charge in [0.15, 0.2) is 0 Å². The summed E-state index contributed by atoms with van der Waals surface area (Å²) in [5.41, 5.74) is 1.39. The fourth-order valence-corrected chi connectivity index (χ4v) is 2.39. The summed E-state index contributed by atoms with van der Waals surface area (Å²) in [4.78, 5) is 22.5. The number of amides is 1. The van der Waals surface area contributed by atoms with Crippen molar-refractivity contribution in [3.05, 3.63) is 30.5 Å². The Balaban J connectivity index is 1.77. The molecule has 3 heterocycles. The normalized spacial score (nSPS) is 15.0. The lowest BCUT2D eigenvalue weighted by Gasteiger charge is -2.25. The summed E-state index contributed by atoms with van der Waals surface area (Å²) >= 11 is 0. The van der Waals surface area contributed by atoms with Gasteiger partial charge in [-0.2, -0.15) is 0 Å². The van der Waals surface area contributed by atoms with Crippen LogP contribution in [-0.2, 0) is 0 Å². The first-order valence-corrected chi connectivity index (χ1v) is 7.03. The number of methoxy groups -OCH3 is 1. The van der Waals surface area contributed by atoms with Crippen molar-refractivity contribution < 1.29 is 13.9 Å². The fourth-order valence-electron chi connectivity index (χ4n) is 2.39. The van der Waals surface area contributed by atoms with Gasteiger partial charge in [0, 0.05) is 30.9 Å². The summed E-state index contributed by atoms with van der Waals surface area (Å²) < 4.78 is 10.3. The zero-order chi connectivity index (χ0) is 14.7. The van der Waals surface area contributed by atoms with Crippen molar-refractivity contribution in [3.8, 4) is 17.1 Å². The van der Waals surface area contributed by atoms with E-state index in [2.05, 4.69) is 9.97 Å². The molecule has 0 atom stereocenters. The van der Waals surface area contributed by atoms with Crippen LogP contribution in [0.5, 0.6) is 5.88 Å². The Kier molecular flexibility index (Phi) is 3.85. The average Bonchev–Trinajstić information content (AvgIpc) is 3.05. The van der Waals surface area contributed by atoms with Crippen LogP contribution in [-0.4, -0.2) is 41.0 Å². The molecule has 1 aliphatic rings. The van der Waals surface area contributed by atoms with E-state index in [9.17, 15) is 4.79 Å². The summed E-state index contributed by atoms with van der Waals surface area (Å²) in [6.45, 7) is 1.56. The van der Waals surface area contributed by atoms with E-state index in [0.29, 0.717) is 11.6 Å². The van der Waals surface area contributed by atoms with E-state index in [0.717, 1.165) is 31.5 Å². The zero-order valence-corrected chi connectivity index (χ0v) is 11.9. The van der Waals surface area contributed by atoms with Crippen LogP contribution < -0.4 is 4.74 Å². The number of piperidine rings is 1. The van der Waals surface area contributed by atoms with Crippen LogP contribution in [0, 0.1) is 0 Å². The molecule has 0 spiro atoms. The highest BCUT2D eigenvalue weighted by Gasteiger charge is 2.22. The van der Waals surface area contributed by atoms with Crippen LogP contribution in [0.15, 0.2) is 29.0 Å². The lowest BCUT2D eigenvalue weighted by atomic mass is 10.1. The Morgan fingerprint density at radius 1 is 1.29 bits per heavy atom. The lowest BCUT2D eigenvalue weighted by Crippen LogP contribution is -2.35. The first kappa shape index (κ1) is 13.6. The third-order valence-corrected chi connectivity index (χ3v) is 3.57. The van der Waals surface area contributed by atoms with E-state index in [1.807, 2.05) is 6.07 Å². The molecule has 0 unspecified atom stereocenters. The number of nitrogens with zero attached hydrogens (tertiary/aromatic N) is 3. The van der Waals surface area contributed by atoms with Gasteiger partial charge in [0.05, 0.1) is 7.11 Å². The molecule has 0 aromatic carbocycles. The number of rotatable bonds is 3. The Morgan fingerprint density at radius 2 is 2.10 bits per heavy atom. The van der Waals surface area contributed by atoms with Crippen molar-refractivity contribution >= 4 is 5.91 Å². The van der Waals surface area contributed by atoms with E-state index in [1.54, 1.807) is 24.3 Å². The minimum absolute atomic E-state index is 0.137. The van der Waals surface area contributed by atoms with Gasteiger partial charge >= 0.3 is 5.91 Å². The second kappa shape index (κ2) is 5.95. The van der Waals surface area contributed by atoms with Gasteiger partial charge in [-0.1, -0.05) is 0 Å². The summed E-state index contributed by atoms with van der Waals surface area (Å²) in [5.74, 6) is 0.539. The van der Waals surface area contributed by atoms with Crippen LogP contribution in [0.2, 0.25) is 0 Å². The maximum atomic E-state index is 12.3. The Labute approximate surface area is 122 Å². The van der Waals surface area contributed by atoms with Crippen molar-refractivity contribution in [1.82, 2.24) is 14.9 Å². The minimum atomic E-state index is -0.137. The third-order valence-electron chi connectivity index (χ3n) is 3.57. The van der Waals surface area contributed by atoms with E-state index >= 15 is 0 Å². The van der Waals surface area contributed by atoms with Gasteiger partial charge in [0.1, 0.15) is 12.0 Å². The quantitative estimate of drug-likeness (QED) is 0.867. The van der Waals surface area contributed by atoms with Crippen LogP contribution >= 0.6 is 0 Å². The molecule has 2 aromatic heterocycles. The first-order chi connectivity index (χ1) is 10.3. The molecule has 0 radical (unpaired) electrons. The molecule has 0 saturated carbocycles. The molecule has 21 heavy (non-hydrogen) atoms. The van der Waals surface area contributed by atoms with Gasteiger partial charge in [0.2, 0.25) is 5.88 Å². The van der Waals surface area contributed by atoms with E-state index < -0.39 is 0 Å². The van der Waals surface area contributed by atoms with Crippen molar-refractivity contribution in [2.24, 2.45) is 0 Å². The van der Waals surface area contributed by atoms with Crippen LogP contribution in [0.3, 0.4) is 0 Å². The summed E-state index contributed by atoms with van der Waals surface area (Å²) in [7, 11) is 1.56. The molecule has 1 saturated heterocycles. The van der Waals surface area contributed by atoms with Gasteiger partial charge in [-0.05, 0) is 25.3 Å². The van der Waals surface area contributed by atoms with Gasteiger partial charge in [-0.3, -0.25) is 4.79 Å². The van der Waals surface area contributed by atoms with E-state index in [1.165, 1.54) is 12.7 Å². The molecular weight excluding hydrogens is 270 g/mol. The van der Waals surface area contributed by atoms with Crippen LogP contribution in [0.25, 0.3) is 11.3 Å². The lowest BCUT2D eigenvalue weighted by molar-refractivity contribution is 0.0684. The summed E-state index contributed by atoms with van der Waals surface area (Å²) in [5, 5.41) is 0. The molecule has 0 aliphatic carbocycles. The largest absolute Gasteiger partial charge is 0.481 e. The molecule has 1 aliphatic heterocycles. The van der Waals surface area contributed by atoms with Gasteiger partial charge < -0.3 is 14.1 Å². The van der Waals surface area contributed by atoms with Gasteiger partial charge in [0.25, 0.3) is 5.89 Å². The van der Waals surface area contributed by atoms with Crippen molar-refractivity contribution in [1.29, 1.82) is 0 Å². The zero-order valence-electron chi connectivity index (χ0n) is 11.9. The topological polar surface area (TPSA) is 68.5 Å². The molecule has 0 bridgehead atoms. The maximum absolute atomic E-state index is 12.3. The number of likely N-dealkylation sites (tertiary alicyclic amines) is 1. The van der Waals surface area contributed by atoms with E-state index in [-0.39, 0.29) is 11.8 Å². The number of ether oxygens (including phenoxy) is 1. The smallest absolute Gasteiger partial charge is 0.309 e. The summed E-state index contributed by atoms with van der Waals surface area (Å²) in [6.07, 6.45) is 6.40. The van der Waals surface area contributed by atoms with Crippen molar-refractivity contribution in [3.63, 3.8) is 0 Å². The third kappa shape index (κ3) is 2.89. The van der Waals surface area contributed by atoms with Gasteiger partial charge in [-0.25, -0.2) is 9.97 Å². The second-order valence-electron chi connectivity index (χ2n) is 4.98. The predicted molar refractivity (Wildman–Crippen MR) is 76.0 cm³/mol. The molecule has 3 rings (SSSR count). The number of hydrogen-bond donors (Lipinski definition) is 0. The molecule has 0 N–H and O–H groups in total. The molecule has 6 heteroatoms. The van der Waals surface area contributed by atoms with E-state index in [4.69, 9.17) is 9.15 Å². The second-order valence-corrected chi connectivity index (χ2v) is 4.98. The summed E-state index contributed by atoms with van der Waals surface area (Å²) in [6, 6.07) is 3.58. The molecule has 1 fully saturated rings. The standard InChI is InChI=1S/C15H17N3O3/c1-20-13-6-5-11(9-16-13)12-10-21-14(17-12)15(19)18-7-3-2-4-8-18/h5-6,9-10H,2-4,7-8H2,1H3. The highest BCUT2D eigenvalue weighted by Crippen LogP contribution is 2.21. The first-order valence-electron chi connectivity index (χ1n) is 7.03. The van der Waals surface area contributed by atoms with Crippen LogP contribution in [0.4, 0.5) is 0 Å². The number of aromatic nitrogens is 2. The molecule has 6 nitrogen and oxygen atoms in total. The molecule has 110 valence electrons. The molecule has 2 aromatic rings. The molecule has 1 amide bonds. The average molecular weight is 287 g/mol. The number of carbonyl (C=O) groups is 1. The highest BCUT2D eigenvalue weighted by atomic mass is 16.5. The number of pyridine rings is 1. The predicted octanol–water partition coefficient (Wildman–Crippen LogP) is 2.37. The highest BCUT2D eigenvalue weighted by molar-refractivity contribution is 5.90. The Bertz CT molecular complexity index is 615. The Morgan fingerprint density at radius 3 is 2.76 bits per heavy atom. The van der Waals surface area contributed by atoms with Gasteiger partial charge in [-0.15, -0.1) is 0 Å². The molecular formula is C15H17N3O3. The minimum Gasteiger partial charge on any atom is -0.481 e. The van der Waals surface area contributed by atoms with Crippen molar-refractivity contribution in [2.75, 3.05) is 20.2 Å². The Hall–Kier alpha value is -2.37. The maximum Gasteiger partial charge on any atom is 0.309 e. The monoisotopic (exact) mass is 287 g/mol.